The highest BCUT2D eigenvalue weighted by Crippen LogP contribution is 2.36. The molecule has 4 heteroatoms. The number of nitrogens with zero attached hydrogens (tertiary/aromatic N) is 3. The minimum absolute atomic E-state index is 0.484. The van der Waals surface area contributed by atoms with Crippen molar-refractivity contribution in [3.63, 3.8) is 0 Å². The number of rotatable bonds is 4. The van der Waals surface area contributed by atoms with Crippen molar-refractivity contribution in [3.8, 4) is 0 Å². The van der Waals surface area contributed by atoms with Crippen LogP contribution in [0.25, 0.3) is 0 Å². The van der Waals surface area contributed by atoms with Gasteiger partial charge in [-0.1, -0.05) is 48.9 Å². The van der Waals surface area contributed by atoms with Gasteiger partial charge < -0.3 is 4.90 Å². The number of aromatic nitrogens is 2. The summed E-state index contributed by atoms with van der Waals surface area (Å²) in [4.78, 5) is 11.2. The highest BCUT2D eigenvalue weighted by molar-refractivity contribution is 6.29. The predicted octanol–water partition coefficient (Wildman–Crippen LogP) is 4.60. The zero-order valence-corrected chi connectivity index (χ0v) is 13.9. The summed E-state index contributed by atoms with van der Waals surface area (Å²) in [7, 11) is 0. The van der Waals surface area contributed by atoms with Gasteiger partial charge >= 0.3 is 0 Å². The number of hydrogen-bond acceptors (Lipinski definition) is 3. The number of halogens is 1. The van der Waals surface area contributed by atoms with E-state index in [-0.39, 0.29) is 0 Å². The molecule has 1 fully saturated rings. The van der Waals surface area contributed by atoms with Crippen LogP contribution in [0.2, 0.25) is 5.15 Å². The topological polar surface area (TPSA) is 29.0 Å². The van der Waals surface area contributed by atoms with Crippen LogP contribution in [-0.2, 0) is 0 Å². The molecular weight excluding hydrogens is 294 g/mol. The molecule has 0 amide bonds. The molecule has 3 nitrogen and oxygen atoms in total. The number of benzene rings is 1. The molecule has 1 saturated heterocycles. The highest BCUT2D eigenvalue weighted by Gasteiger charge is 2.32. The van der Waals surface area contributed by atoms with E-state index >= 15 is 0 Å². The largest absolute Gasteiger partial charge is 0.353 e. The monoisotopic (exact) mass is 315 g/mol. The first-order chi connectivity index (χ1) is 10.7. The molecule has 0 saturated carbocycles. The smallest absolute Gasteiger partial charge is 0.134 e. The standard InChI is InChI=1S/C18H22ClN3/c1-3-15(14-8-5-4-6-9-14)16-10-7-11-22(16)18-12-17(19)20-13(2)21-18/h4-6,8-9,12,15-16H,3,7,10-11H2,1-2H3/t15-,16-/m1/s1. The van der Waals surface area contributed by atoms with Crippen LogP contribution in [0, 0.1) is 6.92 Å². The fraction of sp³-hybridized carbons (Fsp3) is 0.444. The minimum Gasteiger partial charge on any atom is -0.353 e. The van der Waals surface area contributed by atoms with E-state index in [4.69, 9.17) is 11.6 Å². The second-order valence-electron chi connectivity index (χ2n) is 5.92. The third-order valence-corrected chi connectivity index (χ3v) is 4.71. The third-order valence-electron chi connectivity index (χ3n) is 4.52. The van der Waals surface area contributed by atoms with Gasteiger partial charge in [-0.25, -0.2) is 9.97 Å². The maximum absolute atomic E-state index is 6.13. The molecule has 2 heterocycles. The average Bonchev–Trinajstić information content (AvgIpc) is 2.97. The third kappa shape index (κ3) is 3.09. The molecule has 1 aliphatic heterocycles. The average molecular weight is 316 g/mol. The van der Waals surface area contributed by atoms with Gasteiger partial charge in [0, 0.05) is 24.6 Å². The number of aryl methyl sites for hydroxylation is 1. The molecule has 1 aliphatic rings. The lowest BCUT2D eigenvalue weighted by molar-refractivity contribution is 0.513. The Kier molecular flexibility index (Phi) is 4.63. The first-order valence-corrected chi connectivity index (χ1v) is 8.39. The van der Waals surface area contributed by atoms with Crippen LogP contribution in [0.1, 0.15) is 43.5 Å². The van der Waals surface area contributed by atoms with Crippen molar-refractivity contribution in [3.05, 3.63) is 52.9 Å². The lowest BCUT2D eigenvalue weighted by Crippen LogP contribution is -2.35. The van der Waals surface area contributed by atoms with Gasteiger partial charge in [0.05, 0.1) is 0 Å². The Hall–Kier alpha value is -1.61. The quantitative estimate of drug-likeness (QED) is 0.772. The van der Waals surface area contributed by atoms with Gasteiger partial charge in [0.2, 0.25) is 0 Å². The summed E-state index contributed by atoms with van der Waals surface area (Å²) in [5.41, 5.74) is 1.42. The lowest BCUT2D eigenvalue weighted by Gasteiger charge is -2.32. The Bertz CT molecular complexity index is 609. The van der Waals surface area contributed by atoms with Crippen molar-refractivity contribution >= 4 is 17.4 Å². The minimum atomic E-state index is 0.484. The SMILES string of the molecule is CC[C@H](c1ccccc1)[C@H]1CCCN1c1cc(Cl)nc(C)n1. The molecule has 1 aromatic carbocycles. The predicted molar refractivity (Wildman–Crippen MR) is 91.6 cm³/mol. The Balaban J connectivity index is 1.92. The van der Waals surface area contributed by atoms with Gasteiger partial charge in [0.25, 0.3) is 0 Å². The van der Waals surface area contributed by atoms with Crippen LogP contribution >= 0.6 is 11.6 Å². The number of anilines is 1. The summed E-state index contributed by atoms with van der Waals surface area (Å²) in [6.07, 6.45) is 3.53. The zero-order chi connectivity index (χ0) is 15.5. The second kappa shape index (κ2) is 6.66. The zero-order valence-electron chi connectivity index (χ0n) is 13.2. The van der Waals surface area contributed by atoms with Crippen molar-refractivity contribution in [1.82, 2.24) is 9.97 Å². The van der Waals surface area contributed by atoms with E-state index in [0.717, 1.165) is 24.6 Å². The molecule has 3 rings (SSSR count). The Labute approximate surface area is 137 Å². The van der Waals surface area contributed by atoms with Crippen LogP contribution in [0.4, 0.5) is 5.82 Å². The number of hydrogen-bond donors (Lipinski definition) is 0. The van der Waals surface area contributed by atoms with Gasteiger partial charge in [-0.2, -0.15) is 0 Å². The summed E-state index contributed by atoms with van der Waals surface area (Å²) in [5.74, 6) is 2.23. The molecule has 1 aromatic heterocycles. The van der Waals surface area contributed by atoms with Crippen molar-refractivity contribution in [2.75, 3.05) is 11.4 Å². The summed E-state index contributed by atoms with van der Waals surface area (Å²) >= 11 is 6.13. The van der Waals surface area contributed by atoms with E-state index in [2.05, 4.69) is 52.1 Å². The van der Waals surface area contributed by atoms with Crippen molar-refractivity contribution in [2.45, 2.75) is 45.1 Å². The van der Waals surface area contributed by atoms with E-state index in [1.165, 1.54) is 18.4 Å². The van der Waals surface area contributed by atoms with Crippen LogP contribution in [-0.4, -0.2) is 22.6 Å². The molecule has 0 spiro atoms. The summed E-state index contributed by atoms with van der Waals surface area (Å²) in [6, 6.07) is 13.2. The van der Waals surface area contributed by atoms with Gasteiger partial charge in [-0.05, 0) is 31.7 Å². The molecule has 0 bridgehead atoms. The highest BCUT2D eigenvalue weighted by atomic mass is 35.5. The van der Waals surface area contributed by atoms with Crippen LogP contribution in [0.3, 0.4) is 0 Å². The van der Waals surface area contributed by atoms with E-state index in [1.54, 1.807) is 0 Å². The van der Waals surface area contributed by atoms with Crippen LogP contribution in [0.15, 0.2) is 36.4 Å². The normalized spacial score (nSPS) is 19.4. The maximum Gasteiger partial charge on any atom is 0.134 e. The van der Waals surface area contributed by atoms with Gasteiger partial charge in [0.1, 0.15) is 16.8 Å². The Morgan fingerprint density at radius 3 is 2.73 bits per heavy atom. The first kappa shape index (κ1) is 15.3. The summed E-state index contributed by atoms with van der Waals surface area (Å²) in [6.45, 7) is 5.21. The van der Waals surface area contributed by atoms with E-state index < -0.39 is 0 Å². The second-order valence-corrected chi connectivity index (χ2v) is 6.31. The molecular formula is C18H22ClN3. The lowest BCUT2D eigenvalue weighted by atomic mass is 9.87. The molecule has 0 radical (unpaired) electrons. The molecule has 116 valence electrons. The summed E-state index contributed by atoms with van der Waals surface area (Å²) in [5, 5.41) is 0.529. The fourth-order valence-corrected chi connectivity index (χ4v) is 3.81. The molecule has 22 heavy (non-hydrogen) atoms. The fourth-order valence-electron chi connectivity index (χ4n) is 3.59. The molecule has 2 atom stereocenters. The van der Waals surface area contributed by atoms with E-state index in [9.17, 15) is 0 Å². The summed E-state index contributed by atoms with van der Waals surface area (Å²) < 4.78 is 0. The Morgan fingerprint density at radius 2 is 2.05 bits per heavy atom. The van der Waals surface area contributed by atoms with Crippen molar-refractivity contribution in [2.24, 2.45) is 0 Å². The molecule has 0 N–H and O–H groups in total. The first-order valence-electron chi connectivity index (χ1n) is 8.02. The van der Waals surface area contributed by atoms with E-state index in [1.807, 2.05) is 13.0 Å². The molecule has 2 aromatic rings. The van der Waals surface area contributed by atoms with Gasteiger partial charge in [-0.15, -0.1) is 0 Å². The van der Waals surface area contributed by atoms with Crippen LogP contribution < -0.4 is 4.90 Å². The van der Waals surface area contributed by atoms with Gasteiger partial charge in [0.15, 0.2) is 0 Å². The maximum atomic E-state index is 6.13. The van der Waals surface area contributed by atoms with Crippen molar-refractivity contribution in [1.29, 1.82) is 0 Å². The Morgan fingerprint density at radius 1 is 1.27 bits per heavy atom. The van der Waals surface area contributed by atoms with Crippen molar-refractivity contribution < 1.29 is 0 Å². The van der Waals surface area contributed by atoms with Gasteiger partial charge in [-0.3, -0.25) is 0 Å². The molecule has 0 aliphatic carbocycles. The van der Waals surface area contributed by atoms with Crippen LogP contribution in [0.5, 0.6) is 0 Å². The van der Waals surface area contributed by atoms with E-state index in [0.29, 0.717) is 17.1 Å². The molecule has 0 unspecified atom stereocenters.